The van der Waals surface area contributed by atoms with Crippen LogP contribution in [0.4, 0.5) is 4.39 Å². The molecular formula is C13H8BrFN2O2S. The largest absolute Gasteiger partial charge is 0.459 e. The quantitative estimate of drug-likeness (QED) is 0.644. The fourth-order valence-corrected chi connectivity index (χ4v) is 2.99. The lowest BCUT2D eigenvalue weighted by molar-refractivity contribution is 0.447. The summed E-state index contributed by atoms with van der Waals surface area (Å²) in [4.78, 5) is 0. The predicted molar refractivity (Wildman–Crippen MR) is 75.7 cm³/mol. The van der Waals surface area contributed by atoms with E-state index in [1.165, 1.54) is 23.9 Å². The van der Waals surface area contributed by atoms with Crippen LogP contribution in [-0.4, -0.2) is 10.2 Å². The van der Waals surface area contributed by atoms with Crippen molar-refractivity contribution in [2.45, 2.75) is 11.0 Å². The molecule has 0 unspecified atom stereocenters. The summed E-state index contributed by atoms with van der Waals surface area (Å²) in [5.74, 6) is 1.20. The van der Waals surface area contributed by atoms with Crippen molar-refractivity contribution in [3.8, 4) is 11.7 Å². The molecule has 0 fully saturated rings. The summed E-state index contributed by atoms with van der Waals surface area (Å²) in [6.07, 6.45) is 1.54. The highest BCUT2D eigenvalue weighted by atomic mass is 79.9. The second kappa shape index (κ2) is 5.80. The number of benzene rings is 1. The fourth-order valence-electron chi connectivity index (χ4n) is 1.55. The molecule has 0 bridgehead atoms. The highest BCUT2D eigenvalue weighted by Crippen LogP contribution is 2.28. The Morgan fingerprint density at radius 2 is 2.15 bits per heavy atom. The smallest absolute Gasteiger partial charge is 0.284 e. The molecule has 102 valence electrons. The van der Waals surface area contributed by atoms with Gasteiger partial charge in [-0.3, -0.25) is 0 Å². The van der Waals surface area contributed by atoms with Crippen LogP contribution in [0.15, 0.2) is 55.1 Å². The van der Waals surface area contributed by atoms with Crippen LogP contribution in [0.25, 0.3) is 11.7 Å². The Morgan fingerprint density at radius 3 is 2.90 bits per heavy atom. The first-order valence-electron chi connectivity index (χ1n) is 5.66. The monoisotopic (exact) mass is 354 g/mol. The number of halogens is 2. The molecule has 1 aromatic carbocycles. The van der Waals surface area contributed by atoms with Gasteiger partial charge in [-0.15, -0.1) is 10.2 Å². The van der Waals surface area contributed by atoms with Gasteiger partial charge in [-0.25, -0.2) is 4.39 Å². The lowest BCUT2D eigenvalue weighted by atomic mass is 10.2. The summed E-state index contributed by atoms with van der Waals surface area (Å²) in [5, 5.41) is 8.27. The molecule has 0 spiro atoms. The minimum absolute atomic E-state index is 0.275. The van der Waals surface area contributed by atoms with Crippen molar-refractivity contribution in [1.82, 2.24) is 10.2 Å². The van der Waals surface area contributed by atoms with Crippen LogP contribution in [0.5, 0.6) is 0 Å². The topological polar surface area (TPSA) is 52.1 Å². The minimum atomic E-state index is -0.275. The molecule has 4 nitrogen and oxygen atoms in total. The molecule has 0 saturated heterocycles. The molecule has 0 N–H and O–H groups in total. The molecule has 0 amide bonds. The number of thioether (sulfide) groups is 1. The third-order valence-corrected chi connectivity index (χ3v) is 4.11. The Balaban J connectivity index is 1.70. The highest BCUT2D eigenvalue weighted by Gasteiger charge is 2.12. The maximum absolute atomic E-state index is 13.0. The first-order chi connectivity index (χ1) is 9.72. The first-order valence-corrected chi connectivity index (χ1v) is 7.44. The number of nitrogens with zero attached hydrogens (tertiary/aromatic N) is 2. The molecule has 0 saturated carbocycles. The van der Waals surface area contributed by atoms with Crippen LogP contribution >= 0.6 is 27.7 Å². The van der Waals surface area contributed by atoms with E-state index in [1.807, 2.05) is 0 Å². The summed E-state index contributed by atoms with van der Waals surface area (Å²) in [6, 6.07) is 8.07. The Kier molecular flexibility index (Phi) is 3.88. The van der Waals surface area contributed by atoms with Gasteiger partial charge < -0.3 is 8.83 Å². The fraction of sp³-hybridized carbons (Fsp3) is 0.0769. The van der Waals surface area contributed by atoms with Gasteiger partial charge in [-0.1, -0.05) is 33.8 Å². The van der Waals surface area contributed by atoms with Crippen molar-refractivity contribution < 1.29 is 13.2 Å². The standard InChI is InChI=1S/C13H8BrFN2O2S/c14-10-6-9(15)4-3-8(10)7-20-13-17-16-12(19-13)11-2-1-5-18-11/h1-6H,7H2. The van der Waals surface area contributed by atoms with Crippen molar-refractivity contribution in [2.75, 3.05) is 0 Å². The number of furan rings is 1. The normalized spacial score (nSPS) is 10.9. The van der Waals surface area contributed by atoms with E-state index in [-0.39, 0.29) is 5.82 Å². The molecule has 2 aromatic heterocycles. The zero-order valence-corrected chi connectivity index (χ0v) is 12.4. The van der Waals surface area contributed by atoms with E-state index in [0.717, 1.165) is 10.0 Å². The lowest BCUT2D eigenvalue weighted by Crippen LogP contribution is -1.85. The third-order valence-electron chi connectivity index (χ3n) is 2.50. The van der Waals surface area contributed by atoms with Crippen molar-refractivity contribution in [2.24, 2.45) is 0 Å². The van der Waals surface area contributed by atoms with Crippen LogP contribution in [0.3, 0.4) is 0 Å². The van der Waals surface area contributed by atoms with E-state index in [1.54, 1.807) is 24.5 Å². The molecule has 2 heterocycles. The van der Waals surface area contributed by atoms with E-state index < -0.39 is 0 Å². The second-order valence-electron chi connectivity index (χ2n) is 3.87. The van der Waals surface area contributed by atoms with E-state index in [2.05, 4.69) is 26.1 Å². The summed E-state index contributed by atoms with van der Waals surface area (Å²) in [7, 11) is 0. The van der Waals surface area contributed by atoms with Gasteiger partial charge in [-0.2, -0.15) is 0 Å². The van der Waals surface area contributed by atoms with Crippen molar-refractivity contribution in [1.29, 1.82) is 0 Å². The molecule has 20 heavy (non-hydrogen) atoms. The second-order valence-corrected chi connectivity index (χ2v) is 5.66. The molecule has 0 atom stereocenters. The Hall–Kier alpha value is -1.60. The highest BCUT2D eigenvalue weighted by molar-refractivity contribution is 9.10. The van der Waals surface area contributed by atoms with Crippen molar-refractivity contribution in [3.05, 3.63) is 52.4 Å². The van der Waals surface area contributed by atoms with Crippen LogP contribution in [0.2, 0.25) is 0 Å². The number of hydrogen-bond donors (Lipinski definition) is 0. The summed E-state index contributed by atoms with van der Waals surface area (Å²) < 4.78 is 24.3. The zero-order chi connectivity index (χ0) is 13.9. The number of aromatic nitrogens is 2. The van der Waals surface area contributed by atoms with Crippen LogP contribution in [0.1, 0.15) is 5.56 Å². The molecule has 3 rings (SSSR count). The maximum Gasteiger partial charge on any atom is 0.284 e. The maximum atomic E-state index is 13.0. The molecule has 3 aromatic rings. The summed E-state index contributed by atoms with van der Waals surface area (Å²) in [6.45, 7) is 0. The van der Waals surface area contributed by atoms with E-state index in [9.17, 15) is 4.39 Å². The molecule has 7 heteroatoms. The van der Waals surface area contributed by atoms with Gasteiger partial charge in [0.05, 0.1) is 6.26 Å². The van der Waals surface area contributed by atoms with Crippen LogP contribution in [-0.2, 0) is 5.75 Å². The molecule has 0 aliphatic heterocycles. The molecule has 0 aliphatic rings. The Labute approximate surface area is 126 Å². The van der Waals surface area contributed by atoms with E-state index in [4.69, 9.17) is 8.83 Å². The number of rotatable bonds is 4. The average Bonchev–Trinajstić information content (AvgIpc) is 3.08. The van der Waals surface area contributed by atoms with Gasteiger partial charge in [-0.05, 0) is 29.8 Å². The number of hydrogen-bond acceptors (Lipinski definition) is 5. The minimum Gasteiger partial charge on any atom is -0.459 e. The Morgan fingerprint density at radius 1 is 1.25 bits per heavy atom. The van der Waals surface area contributed by atoms with Crippen LogP contribution in [0, 0.1) is 5.82 Å². The van der Waals surface area contributed by atoms with Crippen molar-refractivity contribution >= 4 is 27.7 Å². The van der Waals surface area contributed by atoms with Crippen LogP contribution < -0.4 is 0 Å². The summed E-state index contributed by atoms with van der Waals surface area (Å²) in [5.41, 5.74) is 0.953. The van der Waals surface area contributed by atoms with E-state index >= 15 is 0 Å². The van der Waals surface area contributed by atoms with Gasteiger partial charge in [0.25, 0.3) is 11.1 Å². The molecule has 0 aliphatic carbocycles. The molecule has 0 radical (unpaired) electrons. The predicted octanol–water partition coefficient (Wildman–Crippen LogP) is 4.52. The first kappa shape index (κ1) is 13.4. The van der Waals surface area contributed by atoms with Gasteiger partial charge >= 0.3 is 0 Å². The lowest BCUT2D eigenvalue weighted by Gasteiger charge is -2.01. The van der Waals surface area contributed by atoms with Gasteiger partial charge in [0.2, 0.25) is 0 Å². The Bertz CT molecular complexity index is 715. The third kappa shape index (κ3) is 2.94. The van der Waals surface area contributed by atoms with E-state index in [0.29, 0.717) is 22.6 Å². The SMILES string of the molecule is Fc1ccc(CSc2nnc(-c3ccco3)o2)c(Br)c1. The van der Waals surface area contributed by atoms with Gasteiger partial charge in [0.15, 0.2) is 5.76 Å². The van der Waals surface area contributed by atoms with Crippen molar-refractivity contribution in [3.63, 3.8) is 0 Å². The zero-order valence-electron chi connectivity index (χ0n) is 10.0. The molecular weight excluding hydrogens is 347 g/mol. The van der Waals surface area contributed by atoms with Gasteiger partial charge in [0.1, 0.15) is 5.82 Å². The summed E-state index contributed by atoms with van der Waals surface area (Å²) >= 11 is 4.70. The average molecular weight is 355 g/mol. The van der Waals surface area contributed by atoms with Gasteiger partial charge in [0, 0.05) is 10.2 Å².